The molecule has 0 aliphatic carbocycles. The Morgan fingerprint density at radius 2 is 1.22 bits per heavy atom. The zero-order valence-electron chi connectivity index (χ0n) is 20.2. The number of anilines is 2. The van der Waals surface area contributed by atoms with E-state index < -0.39 is 29.8 Å². The molecular formula is C27H34N4O5. The van der Waals surface area contributed by atoms with Gasteiger partial charge in [-0.15, -0.1) is 0 Å². The monoisotopic (exact) mass is 494 g/mol. The number of hydrogen-bond acceptors (Lipinski definition) is 5. The van der Waals surface area contributed by atoms with E-state index in [4.69, 9.17) is 0 Å². The zero-order chi connectivity index (χ0) is 25.5. The highest BCUT2D eigenvalue weighted by molar-refractivity contribution is 5.99. The highest BCUT2D eigenvalue weighted by Gasteiger charge is 2.31. The van der Waals surface area contributed by atoms with Gasteiger partial charge in [0.15, 0.2) is 0 Å². The number of aliphatic carboxylic acids is 2. The number of hydrogen-bond donors (Lipinski definition) is 6. The van der Waals surface area contributed by atoms with E-state index in [0.29, 0.717) is 37.3 Å². The molecule has 0 saturated carbocycles. The van der Waals surface area contributed by atoms with Crippen LogP contribution in [0.1, 0.15) is 24.0 Å². The summed E-state index contributed by atoms with van der Waals surface area (Å²) in [6.45, 7) is 3.10. The highest BCUT2D eigenvalue weighted by Crippen LogP contribution is 2.26. The minimum Gasteiger partial charge on any atom is -0.481 e. The first kappa shape index (κ1) is 25.7. The third-order valence-corrected chi connectivity index (χ3v) is 7.25. The largest absolute Gasteiger partial charge is 0.481 e. The number of benzene rings is 2. The lowest BCUT2D eigenvalue weighted by molar-refractivity contribution is -0.144. The fourth-order valence-electron chi connectivity index (χ4n) is 5.31. The van der Waals surface area contributed by atoms with Crippen LogP contribution in [0.15, 0.2) is 48.5 Å². The van der Waals surface area contributed by atoms with Crippen molar-refractivity contribution in [1.82, 2.24) is 10.6 Å². The van der Waals surface area contributed by atoms with E-state index in [1.54, 1.807) is 36.4 Å². The summed E-state index contributed by atoms with van der Waals surface area (Å²) in [6, 6.07) is 14.1. The molecule has 0 bridgehead atoms. The number of carbonyl (C=O) groups excluding carboxylic acids is 1. The molecule has 0 unspecified atom stereocenters. The third-order valence-electron chi connectivity index (χ3n) is 7.25. The van der Waals surface area contributed by atoms with Crippen molar-refractivity contribution in [2.24, 2.45) is 23.7 Å². The van der Waals surface area contributed by atoms with Gasteiger partial charge in [0.1, 0.15) is 0 Å². The van der Waals surface area contributed by atoms with Gasteiger partial charge in [-0.1, -0.05) is 24.3 Å². The predicted octanol–water partition coefficient (Wildman–Crippen LogP) is 3.04. The lowest BCUT2D eigenvalue weighted by Gasteiger charge is -2.19. The zero-order valence-corrected chi connectivity index (χ0v) is 20.2. The van der Waals surface area contributed by atoms with Crippen molar-refractivity contribution in [3.63, 3.8) is 0 Å². The standard InChI is InChI=1S/C27H34N4O5/c32-25(33)23(19-7-9-28-15-19)13-17-3-1-5-21(11-17)30-27(36)31-22-6-2-4-18(12-22)14-24(26(34)35)20-8-10-29-16-20/h1-6,11-12,19-20,23-24,28-29H,7-10,13-16H2,(H,32,33)(H,34,35)(H2,30,31,36)/t19-,20-,23-,24-/m1/s1. The summed E-state index contributed by atoms with van der Waals surface area (Å²) in [5.41, 5.74) is 2.87. The first-order valence-corrected chi connectivity index (χ1v) is 12.5. The molecule has 4 rings (SSSR count). The van der Waals surface area contributed by atoms with Crippen LogP contribution in [0.2, 0.25) is 0 Å². The van der Waals surface area contributed by atoms with Crippen LogP contribution >= 0.6 is 0 Å². The molecule has 0 spiro atoms. The maximum absolute atomic E-state index is 12.7. The Bertz CT molecular complexity index is 996. The van der Waals surface area contributed by atoms with E-state index in [2.05, 4.69) is 21.3 Å². The molecule has 2 aliphatic rings. The SMILES string of the molecule is O=C(Nc1cccc(C[C@@H](C(=O)O)[C@@H]2CCNC2)c1)Nc1cccc(C[C@@H](C(=O)O)[C@@H]2CCNC2)c1. The van der Waals surface area contributed by atoms with Gasteiger partial charge in [-0.05, 0) is 99.1 Å². The number of carbonyl (C=O) groups is 3. The van der Waals surface area contributed by atoms with Crippen molar-refractivity contribution in [1.29, 1.82) is 0 Å². The normalized spacial score (nSPS) is 21.0. The quantitative estimate of drug-likeness (QED) is 0.298. The maximum atomic E-state index is 12.7. The van der Waals surface area contributed by atoms with Gasteiger partial charge < -0.3 is 31.5 Å². The second-order valence-electron chi connectivity index (χ2n) is 9.78. The van der Waals surface area contributed by atoms with Crippen LogP contribution < -0.4 is 21.3 Å². The fraction of sp³-hybridized carbons (Fsp3) is 0.444. The Balaban J connectivity index is 1.36. The van der Waals surface area contributed by atoms with Crippen LogP contribution in [0.25, 0.3) is 0 Å². The molecule has 2 aliphatic heterocycles. The molecule has 192 valence electrons. The maximum Gasteiger partial charge on any atom is 0.323 e. The summed E-state index contributed by atoms with van der Waals surface area (Å²) in [6.07, 6.45) is 2.51. The van der Waals surface area contributed by atoms with E-state index >= 15 is 0 Å². The van der Waals surface area contributed by atoms with Gasteiger partial charge in [0.25, 0.3) is 0 Å². The van der Waals surface area contributed by atoms with Gasteiger partial charge in [-0.25, -0.2) is 4.79 Å². The van der Waals surface area contributed by atoms with Crippen LogP contribution in [0.3, 0.4) is 0 Å². The molecular weight excluding hydrogens is 460 g/mol. The Hall–Kier alpha value is -3.43. The Labute approximate surface area is 210 Å². The minimum absolute atomic E-state index is 0.0975. The lowest BCUT2D eigenvalue weighted by Crippen LogP contribution is -2.27. The molecule has 0 radical (unpaired) electrons. The van der Waals surface area contributed by atoms with E-state index in [-0.39, 0.29) is 11.8 Å². The summed E-state index contributed by atoms with van der Waals surface area (Å²) < 4.78 is 0. The Kier molecular flexibility index (Phi) is 8.56. The lowest BCUT2D eigenvalue weighted by atomic mass is 9.86. The second-order valence-corrected chi connectivity index (χ2v) is 9.78. The van der Waals surface area contributed by atoms with Crippen molar-refractivity contribution < 1.29 is 24.6 Å². The molecule has 6 N–H and O–H groups in total. The van der Waals surface area contributed by atoms with Crippen molar-refractivity contribution in [2.75, 3.05) is 36.8 Å². The van der Waals surface area contributed by atoms with E-state index in [1.165, 1.54) is 0 Å². The van der Waals surface area contributed by atoms with Crippen molar-refractivity contribution in [2.45, 2.75) is 25.7 Å². The average molecular weight is 495 g/mol. The number of carboxylic acid groups (broad SMARTS) is 2. The molecule has 2 fully saturated rings. The predicted molar refractivity (Wildman–Crippen MR) is 137 cm³/mol. The van der Waals surface area contributed by atoms with E-state index in [9.17, 15) is 24.6 Å². The van der Waals surface area contributed by atoms with Gasteiger partial charge in [0.2, 0.25) is 0 Å². The summed E-state index contributed by atoms with van der Waals surface area (Å²) in [7, 11) is 0. The number of urea groups is 1. The topological polar surface area (TPSA) is 140 Å². The average Bonchev–Trinajstić information content (AvgIpc) is 3.56. The molecule has 36 heavy (non-hydrogen) atoms. The molecule has 2 saturated heterocycles. The van der Waals surface area contributed by atoms with Crippen LogP contribution in [-0.4, -0.2) is 54.4 Å². The number of amides is 2. The van der Waals surface area contributed by atoms with Crippen LogP contribution in [0.5, 0.6) is 0 Å². The van der Waals surface area contributed by atoms with Gasteiger partial charge in [0.05, 0.1) is 11.8 Å². The second kappa shape index (κ2) is 12.0. The van der Waals surface area contributed by atoms with Crippen molar-refractivity contribution in [3.05, 3.63) is 59.7 Å². The summed E-state index contributed by atoms with van der Waals surface area (Å²) in [4.78, 5) is 36.3. The van der Waals surface area contributed by atoms with Crippen molar-refractivity contribution in [3.8, 4) is 0 Å². The van der Waals surface area contributed by atoms with E-state index in [0.717, 1.165) is 37.1 Å². The number of carboxylic acids is 2. The first-order valence-electron chi connectivity index (χ1n) is 12.5. The van der Waals surface area contributed by atoms with Gasteiger partial charge >= 0.3 is 18.0 Å². The summed E-state index contributed by atoms with van der Waals surface area (Å²) >= 11 is 0. The molecule has 4 atom stereocenters. The molecule has 9 heteroatoms. The molecule has 2 aromatic rings. The van der Waals surface area contributed by atoms with Gasteiger partial charge in [0, 0.05) is 11.4 Å². The fourth-order valence-corrected chi connectivity index (χ4v) is 5.31. The molecule has 9 nitrogen and oxygen atoms in total. The van der Waals surface area contributed by atoms with Crippen LogP contribution in [-0.2, 0) is 22.4 Å². The smallest absolute Gasteiger partial charge is 0.323 e. The summed E-state index contributed by atoms with van der Waals surface area (Å²) in [5.74, 6) is -2.34. The summed E-state index contributed by atoms with van der Waals surface area (Å²) in [5, 5.41) is 31.5. The molecule has 2 aromatic carbocycles. The van der Waals surface area contributed by atoms with E-state index in [1.807, 2.05) is 12.1 Å². The Morgan fingerprint density at radius 1 is 0.778 bits per heavy atom. The molecule has 0 aromatic heterocycles. The third kappa shape index (κ3) is 6.83. The number of nitrogens with one attached hydrogen (secondary N) is 4. The van der Waals surface area contributed by atoms with Crippen LogP contribution in [0, 0.1) is 23.7 Å². The molecule has 2 heterocycles. The van der Waals surface area contributed by atoms with Crippen LogP contribution in [0.4, 0.5) is 16.2 Å². The van der Waals surface area contributed by atoms with Gasteiger partial charge in [-0.3, -0.25) is 9.59 Å². The molecule has 2 amide bonds. The van der Waals surface area contributed by atoms with Crippen molar-refractivity contribution >= 4 is 29.3 Å². The van der Waals surface area contributed by atoms with Gasteiger partial charge in [-0.2, -0.15) is 0 Å². The highest BCUT2D eigenvalue weighted by atomic mass is 16.4. The first-order chi connectivity index (χ1) is 17.4. The Morgan fingerprint density at radius 3 is 1.58 bits per heavy atom. The number of rotatable bonds is 10. The minimum atomic E-state index is -0.797.